The monoisotopic (exact) mass is 250 g/mol. The summed E-state index contributed by atoms with van der Waals surface area (Å²) in [5.41, 5.74) is 2.99. The van der Waals surface area contributed by atoms with Gasteiger partial charge in [-0.1, -0.05) is 24.3 Å². The van der Waals surface area contributed by atoms with Crippen molar-refractivity contribution in [3.63, 3.8) is 0 Å². The predicted octanol–water partition coefficient (Wildman–Crippen LogP) is 2.00. The highest BCUT2D eigenvalue weighted by Gasteiger charge is 2.18. The first-order valence-electron chi connectivity index (χ1n) is 6.27. The van der Waals surface area contributed by atoms with Gasteiger partial charge in [0.1, 0.15) is 0 Å². The van der Waals surface area contributed by atoms with Crippen LogP contribution in [0.4, 0.5) is 0 Å². The van der Waals surface area contributed by atoms with Gasteiger partial charge in [-0.2, -0.15) is 11.8 Å². The van der Waals surface area contributed by atoms with Gasteiger partial charge in [-0.3, -0.25) is 0 Å². The second-order valence-electron chi connectivity index (χ2n) is 4.81. The van der Waals surface area contributed by atoms with Crippen LogP contribution < -0.4 is 5.32 Å². The Morgan fingerprint density at radius 2 is 2.12 bits per heavy atom. The van der Waals surface area contributed by atoms with Crippen molar-refractivity contribution in [2.75, 3.05) is 32.1 Å². The highest BCUT2D eigenvalue weighted by molar-refractivity contribution is 7.98. The second-order valence-corrected chi connectivity index (χ2v) is 5.79. The smallest absolute Gasteiger partial charge is 0.0238 e. The summed E-state index contributed by atoms with van der Waals surface area (Å²) in [6, 6.07) is 9.39. The van der Waals surface area contributed by atoms with Gasteiger partial charge in [0.15, 0.2) is 0 Å². The fraction of sp³-hybridized carbons (Fsp3) is 0.571. The van der Waals surface area contributed by atoms with E-state index in [4.69, 9.17) is 0 Å². The predicted molar refractivity (Wildman–Crippen MR) is 76.7 cm³/mol. The molecular formula is C14H22N2S. The minimum atomic E-state index is 0.608. The van der Waals surface area contributed by atoms with E-state index in [1.165, 1.54) is 29.8 Å². The van der Waals surface area contributed by atoms with E-state index in [-0.39, 0.29) is 0 Å². The number of rotatable bonds is 5. The lowest BCUT2D eigenvalue weighted by molar-refractivity contribution is 0.294. The third kappa shape index (κ3) is 3.73. The third-order valence-corrected chi connectivity index (χ3v) is 3.97. The molecule has 1 aromatic carbocycles. The SMILES string of the molecule is CSCCN(C)CC1Cc2ccccc2CN1. The lowest BCUT2D eigenvalue weighted by Crippen LogP contribution is -2.44. The van der Waals surface area contributed by atoms with E-state index in [1.54, 1.807) is 0 Å². The Balaban J connectivity index is 1.85. The first kappa shape index (κ1) is 12.9. The fourth-order valence-corrected chi connectivity index (χ4v) is 2.86. The molecule has 0 bridgehead atoms. The van der Waals surface area contributed by atoms with Crippen LogP contribution in [0.5, 0.6) is 0 Å². The standard InChI is InChI=1S/C14H22N2S/c1-16(7-8-17-2)11-14-9-12-5-3-4-6-13(12)10-15-14/h3-6,14-15H,7-11H2,1-2H3. The van der Waals surface area contributed by atoms with Crippen LogP contribution in [0.3, 0.4) is 0 Å². The van der Waals surface area contributed by atoms with E-state index in [1.807, 2.05) is 11.8 Å². The van der Waals surface area contributed by atoms with Crippen molar-refractivity contribution in [3.8, 4) is 0 Å². The molecule has 1 aromatic rings. The summed E-state index contributed by atoms with van der Waals surface area (Å²) in [5.74, 6) is 1.22. The zero-order chi connectivity index (χ0) is 12.1. The van der Waals surface area contributed by atoms with Crippen molar-refractivity contribution in [2.45, 2.75) is 19.0 Å². The molecule has 0 fully saturated rings. The molecule has 3 heteroatoms. The van der Waals surface area contributed by atoms with Crippen molar-refractivity contribution >= 4 is 11.8 Å². The Labute approximate surface area is 109 Å². The van der Waals surface area contributed by atoms with Gasteiger partial charge >= 0.3 is 0 Å². The quantitative estimate of drug-likeness (QED) is 0.860. The molecule has 1 atom stereocenters. The van der Waals surface area contributed by atoms with Crippen LogP contribution in [-0.4, -0.2) is 43.1 Å². The summed E-state index contributed by atoms with van der Waals surface area (Å²) in [5, 5.41) is 3.63. The van der Waals surface area contributed by atoms with E-state index in [0.717, 1.165) is 13.1 Å². The van der Waals surface area contributed by atoms with Gasteiger partial charge in [0.25, 0.3) is 0 Å². The normalized spacial score (nSPS) is 19.4. The Bertz CT molecular complexity index is 354. The van der Waals surface area contributed by atoms with E-state index in [0.29, 0.717) is 6.04 Å². The molecular weight excluding hydrogens is 228 g/mol. The lowest BCUT2D eigenvalue weighted by Gasteiger charge is -2.29. The molecule has 2 rings (SSSR count). The molecule has 1 heterocycles. The molecule has 0 radical (unpaired) electrons. The van der Waals surface area contributed by atoms with Gasteiger partial charge < -0.3 is 10.2 Å². The summed E-state index contributed by atoms with van der Waals surface area (Å²) in [6.07, 6.45) is 3.34. The number of nitrogens with zero attached hydrogens (tertiary/aromatic N) is 1. The third-order valence-electron chi connectivity index (χ3n) is 3.38. The number of nitrogens with one attached hydrogen (secondary N) is 1. The van der Waals surface area contributed by atoms with E-state index < -0.39 is 0 Å². The molecule has 1 unspecified atom stereocenters. The first-order valence-corrected chi connectivity index (χ1v) is 7.66. The number of hydrogen-bond acceptors (Lipinski definition) is 3. The zero-order valence-electron chi connectivity index (χ0n) is 10.8. The molecule has 94 valence electrons. The molecule has 1 aliphatic heterocycles. The average molecular weight is 250 g/mol. The Kier molecular flexibility index (Phi) is 4.89. The maximum Gasteiger partial charge on any atom is 0.0238 e. The van der Waals surface area contributed by atoms with Crippen molar-refractivity contribution in [3.05, 3.63) is 35.4 Å². The van der Waals surface area contributed by atoms with Gasteiger partial charge in [-0.25, -0.2) is 0 Å². The zero-order valence-corrected chi connectivity index (χ0v) is 11.6. The molecule has 0 saturated carbocycles. The Hall–Kier alpha value is -0.510. The summed E-state index contributed by atoms with van der Waals surface area (Å²) in [6.45, 7) is 3.35. The summed E-state index contributed by atoms with van der Waals surface area (Å²) >= 11 is 1.92. The van der Waals surface area contributed by atoms with Crippen LogP contribution in [-0.2, 0) is 13.0 Å². The minimum Gasteiger partial charge on any atom is -0.308 e. The topological polar surface area (TPSA) is 15.3 Å². The lowest BCUT2D eigenvalue weighted by atomic mass is 9.96. The second kappa shape index (κ2) is 6.43. The molecule has 0 aromatic heterocycles. The number of fused-ring (bicyclic) bond motifs is 1. The van der Waals surface area contributed by atoms with E-state index in [9.17, 15) is 0 Å². The number of thioether (sulfide) groups is 1. The maximum atomic E-state index is 3.63. The maximum absolute atomic E-state index is 3.63. The van der Waals surface area contributed by atoms with Crippen molar-refractivity contribution in [1.29, 1.82) is 0 Å². The van der Waals surface area contributed by atoms with Crippen molar-refractivity contribution in [2.24, 2.45) is 0 Å². The fourth-order valence-electron chi connectivity index (χ4n) is 2.36. The average Bonchev–Trinajstić information content (AvgIpc) is 2.36. The van der Waals surface area contributed by atoms with Gasteiger partial charge in [0.2, 0.25) is 0 Å². The molecule has 1 aliphatic rings. The van der Waals surface area contributed by atoms with Gasteiger partial charge in [-0.05, 0) is 30.9 Å². The highest BCUT2D eigenvalue weighted by atomic mass is 32.2. The summed E-state index contributed by atoms with van der Waals surface area (Å²) < 4.78 is 0. The minimum absolute atomic E-state index is 0.608. The Morgan fingerprint density at radius 3 is 2.88 bits per heavy atom. The van der Waals surface area contributed by atoms with Gasteiger partial charge in [0.05, 0.1) is 0 Å². The van der Waals surface area contributed by atoms with E-state index >= 15 is 0 Å². The molecule has 1 N–H and O–H groups in total. The van der Waals surface area contributed by atoms with Gasteiger partial charge in [-0.15, -0.1) is 0 Å². The van der Waals surface area contributed by atoms with Crippen LogP contribution in [0.25, 0.3) is 0 Å². The van der Waals surface area contributed by atoms with Crippen molar-refractivity contribution < 1.29 is 0 Å². The summed E-state index contributed by atoms with van der Waals surface area (Å²) in [4.78, 5) is 2.43. The molecule has 0 saturated heterocycles. The first-order chi connectivity index (χ1) is 8.29. The molecule has 2 nitrogen and oxygen atoms in total. The number of hydrogen-bond donors (Lipinski definition) is 1. The Morgan fingerprint density at radius 1 is 1.35 bits per heavy atom. The van der Waals surface area contributed by atoms with E-state index in [2.05, 4.69) is 47.8 Å². The molecule has 0 aliphatic carbocycles. The molecule has 17 heavy (non-hydrogen) atoms. The summed E-state index contributed by atoms with van der Waals surface area (Å²) in [7, 11) is 2.22. The number of benzene rings is 1. The van der Waals surface area contributed by atoms with Crippen LogP contribution in [0.15, 0.2) is 24.3 Å². The van der Waals surface area contributed by atoms with Gasteiger partial charge in [0, 0.05) is 31.4 Å². The molecule has 0 amide bonds. The largest absolute Gasteiger partial charge is 0.308 e. The van der Waals surface area contributed by atoms with Crippen LogP contribution in [0.2, 0.25) is 0 Å². The van der Waals surface area contributed by atoms with Crippen LogP contribution in [0, 0.1) is 0 Å². The van der Waals surface area contributed by atoms with Crippen LogP contribution in [0.1, 0.15) is 11.1 Å². The highest BCUT2D eigenvalue weighted by Crippen LogP contribution is 2.16. The van der Waals surface area contributed by atoms with Crippen molar-refractivity contribution in [1.82, 2.24) is 10.2 Å². The van der Waals surface area contributed by atoms with Crippen LogP contribution >= 0.6 is 11.8 Å². The number of likely N-dealkylation sites (N-methyl/N-ethyl adjacent to an activating group) is 1. The molecule has 0 spiro atoms.